The first kappa shape index (κ1) is 20.4. The number of aryl methyl sites for hydroxylation is 1. The fourth-order valence-electron chi connectivity index (χ4n) is 3.92. The minimum Gasteiger partial charge on any atom is -0.353 e. The van der Waals surface area contributed by atoms with Crippen LogP contribution in [0.25, 0.3) is 0 Å². The third-order valence-corrected chi connectivity index (χ3v) is 5.66. The molecular formula is C21H32N3O2. The molecule has 1 aliphatic carbocycles. The van der Waals surface area contributed by atoms with Crippen LogP contribution in [0.15, 0.2) is 24.3 Å². The summed E-state index contributed by atoms with van der Waals surface area (Å²) in [6.07, 6.45) is 5.53. The van der Waals surface area contributed by atoms with E-state index in [1.165, 1.54) is 18.2 Å². The standard InChI is InChI=1S/C21H32N3O2/c1-16-6-5-7-17(14-16)15-21(24(3)4)12-10-18(11-13-21)23-20(26)9-8-19(25)22-2/h5-7,14,18H,8-13,15H2,1-4H3,(H,23,26). The molecule has 1 radical (unpaired) electrons. The van der Waals surface area contributed by atoms with E-state index in [4.69, 9.17) is 0 Å². The Morgan fingerprint density at radius 2 is 1.92 bits per heavy atom. The monoisotopic (exact) mass is 358 g/mol. The van der Waals surface area contributed by atoms with Gasteiger partial charge in [-0.25, -0.2) is 0 Å². The van der Waals surface area contributed by atoms with Gasteiger partial charge in [-0.05, 0) is 58.7 Å². The second-order valence-corrected chi connectivity index (χ2v) is 7.74. The highest BCUT2D eigenvalue weighted by Crippen LogP contribution is 2.35. The van der Waals surface area contributed by atoms with E-state index in [9.17, 15) is 9.59 Å². The van der Waals surface area contributed by atoms with Crippen LogP contribution in [0.1, 0.15) is 49.7 Å². The Balaban J connectivity index is 1.90. The minimum absolute atomic E-state index is 0.0389. The van der Waals surface area contributed by atoms with Crippen molar-refractivity contribution in [3.05, 3.63) is 35.4 Å². The van der Waals surface area contributed by atoms with Crippen molar-refractivity contribution in [1.29, 1.82) is 0 Å². The number of benzene rings is 1. The van der Waals surface area contributed by atoms with Crippen molar-refractivity contribution in [3.8, 4) is 0 Å². The highest BCUT2D eigenvalue weighted by molar-refractivity contribution is 5.83. The van der Waals surface area contributed by atoms with Gasteiger partial charge in [0.2, 0.25) is 11.8 Å². The number of likely N-dealkylation sites (N-methyl/N-ethyl adjacent to an activating group) is 1. The third kappa shape index (κ3) is 5.56. The van der Waals surface area contributed by atoms with Gasteiger partial charge in [-0.2, -0.15) is 0 Å². The number of nitrogens with one attached hydrogen (secondary N) is 1. The minimum atomic E-state index is -0.214. The lowest BCUT2D eigenvalue weighted by atomic mass is 9.74. The number of amides is 2. The van der Waals surface area contributed by atoms with Crippen LogP contribution in [0.2, 0.25) is 0 Å². The molecule has 0 bridgehead atoms. The summed E-state index contributed by atoms with van der Waals surface area (Å²) in [6, 6.07) is 8.96. The SMILES string of the molecule is C[N]C(=O)CCC(=O)NC1CCC(Cc2cccc(C)c2)(N(C)C)CC1. The summed E-state index contributed by atoms with van der Waals surface area (Å²) >= 11 is 0. The van der Waals surface area contributed by atoms with E-state index in [-0.39, 0.29) is 36.2 Å². The van der Waals surface area contributed by atoms with Crippen LogP contribution < -0.4 is 10.6 Å². The molecule has 0 aliphatic heterocycles. The molecule has 1 fully saturated rings. The fraction of sp³-hybridized carbons (Fsp3) is 0.619. The van der Waals surface area contributed by atoms with Gasteiger partial charge in [0, 0.05) is 31.5 Å². The first-order valence-corrected chi connectivity index (χ1v) is 9.49. The Morgan fingerprint density at radius 3 is 2.50 bits per heavy atom. The Hall–Kier alpha value is -1.88. The maximum absolute atomic E-state index is 12.0. The van der Waals surface area contributed by atoms with Crippen LogP contribution in [0, 0.1) is 6.92 Å². The maximum atomic E-state index is 12.0. The van der Waals surface area contributed by atoms with Crippen molar-refractivity contribution in [2.45, 2.75) is 63.5 Å². The zero-order chi connectivity index (χ0) is 19.2. The molecule has 0 saturated heterocycles. The highest BCUT2D eigenvalue weighted by Gasteiger charge is 2.37. The summed E-state index contributed by atoms with van der Waals surface area (Å²) in [5, 5.41) is 6.66. The molecule has 26 heavy (non-hydrogen) atoms. The summed E-state index contributed by atoms with van der Waals surface area (Å²) in [5.74, 6) is -0.253. The smallest absolute Gasteiger partial charge is 0.241 e. The average molecular weight is 359 g/mol. The van der Waals surface area contributed by atoms with Gasteiger partial charge in [0.05, 0.1) is 0 Å². The Kier molecular flexibility index (Phi) is 7.21. The molecule has 1 N–H and O–H groups in total. The number of hydrogen-bond acceptors (Lipinski definition) is 3. The first-order chi connectivity index (χ1) is 12.3. The molecule has 2 rings (SSSR count). The third-order valence-electron chi connectivity index (χ3n) is 5.66. The normalized spacial score (nSPS) is 22.9. The Labute approximate surface area is 157 Å². The summed E-state index contributed by atoms with van der Waals surface area (Å²) in [5.41, 5.74) is 2.82. The van der Waals surface area contributed by atoms with Crippen molar-refractivity contribution in [1.82, 2.24) is 15.5 Å². The van der Waals surface area contributed by atoms with Gasteiger partial charge in [-0.15, -0.1) is 0 Å². The van der Waals surface area contributed by atoms with Gasteiger partial charge in [-0.3, -0.25) is 14.9 Å². The molecule has 5 nitrogen and oxygen atoms in total. The van der Waals surface area contributed by atoms with Crippen LogP contribution in [0.5, 0.6) is 0 Å². The average Bonchev–Trinajstić information content (AvgIpc) is 2.61. The predicted octanol–water partition coefficient (Wildman–Crippen LogP) is 2.44. The van der Waals surface area contributed by atoms with Gasteiger partial charge in [-0.1, -0.05) is 29.8 Å². The molecule has 1 saturated carbocycles. The van der Waals surface area contributed by atoms with E-state index in [1.54, 1.807) is 0 Å². The van der Waals surface area contributed by atoms with Crippen LogP contribution in [-0.4, -0.2) is 49.4 Å². The number of carbonyl (C=O) groups excluding carboxylic acids is 2. The molecule has 0 spiro atoms. The van der Waals surface area contributed by atoms with Crippen LogP contribution >= 0.6 is 0 Å². The van der Waals surface area contributed by atoms with Crippen molar-refractivity contribution in [2.24, 2.45) is 0 Å². The van der Waals surface area contributed by atoms with E-state index < -0.39 is 0 Å². The molecule has 0 heterocycles. The number of carbonyl (C=O) groups is 2. The number of hydrogen-bond donors (Lipinski definition) is 1. The molecule has 143 valence electrons. The zero-order valence-electron chi connectivity index (χ0n) is 16.5. The largest absolute Gasteiger partial charge is 0.353 e. The second kappa shape index (κ2) is 9.17. The quantitative estimate of drug-likeness (QED) is 0.814. The first-order valence-electron chi connectivity index (χ1n) is 9.49. The lowest BCUT2D eigenvalue weighted by Crippen LogP contribution is -2.52. The van der Waals surface area contributed by atoms with Crippen LogP contribution in [-0.2, 0) is 16.0 Å². The predicted molar refractivity (Wildman–Crippen MR) is 104 cm³/mol. The number of rotatable bonds is 7. The Morgan fingerprint density at radius 1 is 1.23 bits per heavy atom. The zero-order valence-corrected chi connectivity index (χ0v) is 16.5. The lowest BCUT2D eigenvalue weighted by Gasteiger charge is -2.45. The van der Waals surface area contributed by atoms with Crippen LogP contribution in [0.3, 0.4) is 0 Å². The van der Waals surface area contributed by atoms with Gasteiger partial charge in [0.1, 0.15) is 0 Å². The van der Waals surface area contributed by atoms with Gasteiger partial charge < -0.3 is 10.2 Å². The van der Waals surface area contributed by atoms with Crippen molar-refractivity contribution in [3.63, 3.8) is 0 Å². The van der Waals surface area contributed by atoms with Gasteiger partial charge >= 0.3 is 0 Å². The van der Waals surface area contributed by atoms with Crippen molar-refractivity contribution >= 4 is 11.8 Å². The molecule has 0 aromatic heterocycles. The second-order valence-electron chi connectivity index (χ2n) is 7.74. The van der Waals surface area contributed by atoms with E-state index in [0.29, 0.717) is 0 Å². The summed E-state index contributed by atoms with van der Waals surface area (Å²) in [6.45, 7) is 2.13. The van der Waals surface area contributed by atoms with Gasteiger partial charge in [0.15, 0.2) is 0 Å². The number of nitrogens with zero attached hydrogens (tertiary/aromatic N) is 2. The van der Waals surface area contributed by atoms with E-state index in [1.807, 2.05) is 0 Å². The van der Waals surface area contributed by atoms with E-state index in [0.717, 1.165) is 32.1 Å². The molecule has 1 aromatic rings. The molecule has 5 heteroatoms. The maximum Gasteiger partial charge on any atom is 0.241 e. The lowest BCUT2D eigenvalue weighted by molar-refractivity contribution is -0.127. The van der Waals surface area contributed by atoms with Crippen molar-refractivity contribution in [2.75, 3.05) is 21.1 Å². The van der Waals surface area contributed by atoms with Crippen LogP contribution in [0.4, 0.5) is 0 Å². The molecule has 0 atom stereocenters. The molecule has 2 amide bonds. The molecule has 1 aromatic carbocycles. The van der Waals surface area contributed by atoms with Gasteiger partial charge in [0.25, 0.3) is 0 Å². The van der Waals surface area contributed by atoms with E-state index >= 15 is 0 Å². The molecule has 1 aliphatic rings. The summed E-state index contributed by atoms with van der Waals surface area (Å²) < 4.78 is 0. The van der Waals surface area contributed by atoms with Crippen molar-refractivity contribution < 1.29 is 9.59 Å². The highest BCUT2D eigenvalue weighted by atomic mass is 16.2. The molecule has 0 unspecified atom stereocenters. The Bertz CT molecular complexity index is 619. The fourth-order valence-corrected chi connectivity index (χ4v) is 3.92. The molecular weight excluding hydrogens is 326 g/mol. The van der Waals surface area contributed by atoms with E-state index in [2.05, 4.69) is 60.8 Å². The summed E-state index contributed by atoms with van der Waals surface area (Å²) in [7, 11) is 5.79. The topological polar surface area (TPSA) is 63.5 Å². The summed E-state index contributed by atoms with van der Waals surface area (Å²) in [4.78, 5) is 25.6.